The summed E-state index contributed by atoms with van der Waals surface area (Å²) in [6, 6.07) is 8.49. The standard InChI is InChI=1S/C11H12N2O3/c1-8(14)12-13-11(16)7-10(15)9-5-3-2-4-6-9/h2-6H,7H2,1H3,(H,12,14)(H,13,16). The lowest BCUT2D eigenvalue weighted by molar-refractivity contribution is -0.127. The summed E-state index contributed by atoms with van der Waals surface area (Å²) in [4.78, 5) is 33.2. The van der Waals surface area contributed by atoms with Crippen molar-refractivity contribution in [3.05, 3.63) is 35.9 Å². The third-order valence-corrected chi connectivity index (χ3v) is 1.79. The molecule has 0 saturated heterocycles. The minimum absolute atomic E-state index is 0.287. The molecule has 5 nitrogen and oxygen atoms in total. The lowest BCUT2D eigenvalue weighted by Crippen LogP contribution is -2.41. The van der Waals surface area contributed by atoms with Gasteiger partial charge < -0.3 is 0 Å². The number of amides is 2. The van der Waals surface area contributed by atoms with Gasteiger partial charge in [-0.3, -0.25) is 25.2 Å². The average molecular weight is 220 g/mol. The Bertz CT molecular complexity index is 401. The van der Waals surface area contributed by atoms with Gasteiger partial charge in [0.15, 0.2) is 5.78 Å². The number of rotatable bonds is 3. The van der Waals surface area contributed by atoms with Gasteiger partial charge in [-0.05, 0) is 0 Å². The molecule has 0 unspecified atom stereocenters. The largest absolute Gasteiger partial charge is 0.294 e. The van der Waals surface area contributed by atoms with Crippen LogP contribution in [0, 0.1) is 0 Å². The summed E-state index contributed by atoms with van der Waals surface area (Å²) in [6.07, 6.45) is -0.287. The van der Waals surface area contributed by atoms with Gasteiger partial charge >= 0.3 is 0 Å². The molecule has 0 spiro atoms. The predicted molar refractivity (Wildman–Crippen MR) is 57.3 cm³/mol. The highest BCUT2D eigenvalue weighted by Gasteiger charge is 2.10. The maximum Gasteiger partial charge on any atom is 0.246 e. The van der Waals surface area contributed by atoms with Crippen LogP contribution in [0.3, 0.4) is 0 Å². The van der Waals surface area contributed by atoms with Gasteiger partial charge in [0.25, 0.3) is 0 Å². The van der Waals surface area contributed by atoms with Gasteiger partial charge in [-0.15, -0.1) is 0 Å². The quantitative estimate of drug-likeness (QED) is 0.440. The third kappa shape index (κ3) is 3.91. The molecule has 2 amide bonds. The fourth-order valence-electron chi connectivity index (χ4n) is 1.07. The lowest BCUT2D eigenvalue weighted by Gasteiger charge is -2.04. The maximum absolute atomic E-state index is 11.5. The van der Waals surface area contributed by atoms with Crippen LogP contribution >= 0.6 is 0 Å². The molecule has 0 aromatic heterocycles. The topological polar surface area (TPSA) is 75.3 Å². The van der Waals surface area contributed by atoms with Gasteiger partial charge in [0.1, 0.15) is 0 Å². The Hall–Kier alpha value is -2.17. The zero-order chi connectivity index (χ0) is 12.0. The Balaban J connectivity index is 2.46. The fraction of sp³-hybridized carbons (Fsp3) is 0.182. The number of Topliss-reactive ketones (excluding diaryl/α,β-unsaturated/α-hetero) is 1. The highest BCUT2D eigenvalue weighted by Crippen LogP contribution is 2.02. The summed E-state index contributed by atoms with van der Waals surface area (Å²) in [5.74, 6) is -1.21. The molecule has 0 saturated carbocycles. The second kappa shape index (κ2) is 5.65. The first kappa shape index (κ1) is 11.9. The van der Waals surface area contributed by atoms with Crippen LogP contribution in [0.15, 0.2) is 30.3 Å². The van der Waals surface area contributed by atoms with Crippen LogP contribution < -0.4 is 10.9 Å². The molecule has 0 bridgehead atoms. The molecule has 1 aromatic carbocycles. The number of carbonyl (C=O) groups excluding carboxylic acids is 3. The number of benzene rings is 1. The van der Waals surface area contributed by atoms with E-state index >= 15 is 0 Å². The van der Waals surface area contributed by atoms with E-state index in [0.29, 0.717) is 5.56 Å². The van der Waals surface area contributed by atoms with Crippen molar-refractivity contribution in [1.82, 2.24) is 10.9 Å². The smallest absolute Gasteiger partial charge is 0.246 e. The molecule has 1 aromatic rings. The predicted octanol–water partition coefficient (Wildman–Crippen LogP) is 0.427. The summed E-state index contributed by atoms with van der Waals surface area (Å²) >= 11 is 0. The van der Waals surface area contributed by atoms with Crippen LogP contribution in [0.4, 0.5) is 0 Å². The van der Waals surface area contributed by atoms with Gasteiger partial charge in [-0.25, -0.2) is 0 Å². The van der Waals surface area contributed by atoms with E-state index in [4.69, 9.17) is 0 Å². The molecule has 2 N–H and O–H groups in total. The molecule has 5 heteroatoms. The highest BCUT2D eigenvalue weighted by molar-refractivity contribution is 6.07. The van der Waals surface area contributed by atoms with Gasteiger partial charge in [-0.1, -0.05) is 30.3 Å². The molecule has 0 aliphatic rings. The second-order valence-electron chi connectivity index (χ2n) is 3.20. The molecule has 0 fully saturated rings. The van der Waals surface area contributed by atoms with Gasteiger partial charge in [-0.2, -0.15) is 0 Å². The van der Waals surface area contributed by atoms with E-state index in [2.05, 4.69) is 10.9 Å². The minimum atomic E-state index is -0.538. The van der Waals surface area contributed by atoms with Crippen molar-refractivity contribution in [3.63, 3.8) is 0 Å². The van der Waals surface area contributed by atoms with E-state index in [0.717, 1.165) is 0 Å². The molecule has 84 valence electrons. The Labute approximate surface area is 92.8 Å². The van der Waals surface area contributed by atoms with Crippen molar-refractivity contribution in [2.75, 3.05) is 0 Å². The van der Waals surface area contributed by atoms with Crippen molar-refractivity contribution in [2.45, 2.75) is 13.3 Å². The summed E-state index contributed by atoms with van der Waals surface area (Å²) in [5, 5.41) is 0. The van der Waals surface area contributed by atoms with Crippen LogP contribution in [0.25, 0.3) is 0 Å². The molecule has 0 aliphatic carbocycles. The molecule has 0 atom stereocenters. The first-order valence-corrected chi connectivity index (χ1v) is 4.73. The molecular formula is C11H12N2O3. The molecule has 0 heterocycles. The number of hydrogen-bond donors (Lipinski definition) is 2. The van der Waals surface area contributed by atoms with Crippen LogP contribution in [-0.2, 0) is 9.59 Å². The second-order valence-corrected chi connectivity index (χ2v) is 3.20. The van der Waals surface area contributed by atoms with Crippen LogP contribution in [0.2, 0.25) is 0 Å². The maximum atomic E-state index is 11.5. The van der Waals surface area contributed by atoms with Gasteiger partial charge in [0, 0.05) is 12.5 Å². The van der Waals surface area contributed by atoms with Gasteiger partial charge in [0.2, 0.25) is 11.8 Å². The van der Waals surface area contributed by atoms with Crippen molar-refractivity contribution >= 4 is 17.6 Å². The minimum Gasteiger partial charge on any atom is -0.294 e. The SMILES string of the molecule is CC(=O)NNC(=O)CC(=O)c1ccccc1. The lowest BCUT2D eigenvalue weighted by atomic mass is 10.1. The van der Waals surface area contributed by atoms with Crippen molar-refractivity contribution < 1.29 is 14.4 Å². The Morgan fingerprint density at radius 3 is 2.25 bits per heavy atom. The number of hydrogen-bond acceptors (Lipinski definition) is 3. The molecule has 1 rings (SSSR count). The number of carbonyl (C=O) groups is 3. The first-order chi connectivity index (χ1) is 7.59. The van der Waals surface area contributed by atoms with Crippen LogP contribution in [0.5, 0.6) is 0 Å². The average Bonchev–Trinajstić information content (AvgIpc) is 2.27. The Kier molecular flexibility index (Phi) is 4.20. The fourth-order valence-corrected chi connectivity index (χ4v) is 1.07. The zero-order valence-electron chi connectivity index (χ0n) is 8.82. The third-order valence-electron chi connectivity index (χ3n) is 1.79. The first-order valence-electron chi connectivity index (χ1n) is 4.73. The summed E-state index contributed by atoms with van der Waals surface area (Å²) in [7, 11) is 0. The Morgan fingerprint density at radius 1 is 1.06 bits per heavy atom. The molecular weight excluding hydrogens is 208 g/mol. The molecule has 16 heavy (non-hydrogen) atoms. The normalized spacial score (nSPS) is 9.31. The van der Waals surface area contributed by atoms with Crippen molar-refractivity contribution in [3.8, 4) is 0 Å². The number of ketones is 1. The summed E-state index contributed by atoms with van der Waals surface area (Å²) < 4.78 is 0. The van der Waals surface area contributed by atoms with Crippen LogP contribution in [0.1, 0.15) is 23.7 Å². The van der Waals surface area contributed by atoms with E-state index in [9.17, 15) is 14.4 Å². The van der Waals surface area contributed by atoms with E-state index in [1.54, 1.807) is 30.3 Å². The monoisotopic (exact) mass is 220 g/mol. The zero-order valence-corrected chi connectivity index (χ0v) is 8.82. The molecule has 0 aliphatic heterocycles. The van der Waals surface area contributed by atoms with E-state index in [-0.39, 0.29) is 18.1 Å². The summed E-state index contributed by atoms with van der Waals surface area (Å²) in [5.41, 5.74) is 4.71. The molecule has 0 radical (unpaired) electrons. The van der Waals surface area contributed by atoms with E-state index in [1.807, 2.05) is 0 Å². The Morgan fingerprint density at radius 2 is 1.69 bits per heavy atom. The van der Waals surface area contributed by atoms with Crippen LogP contribution in [-0.4, -0.2) is 17.6 Å². The van der Waals surface area contributed by atoms with Crippen molar-refractivity contribution in [1.29, 1.82) is 0 Å². The van der Waals surface area contributed by atoms with Gasteiger partial charge in [0.05, 0.1) is 6.42 Å². The number of hydrazine groups is 1. The van der Waals surface area contributed by atoms with E-state index < -0.39 is 5.91 Å². The van der Waals surface area contributed by atoms with E-state index in [1.165, 1.54) is 6.92 Å². The number of nitrogens with one attached hydrogen (secondary N) is 2. The highest BCUT2D eigenvalue weighted by atomic mass is 16.2. The van der Waals surface area contributed by atoms with Crippen molar-refractivity contribution in [2.24, 2.45) is 0 Å². The summed E-state index contributed by atoms with van der Waals surface area (Å²) in [6.45, 7) is 1.26.